The van der Waals surface area contributed by atoms with Gasteiger partial charge in [-0.3, -0.25) is 9.59 Å². The lowest BCUT2D eigenvalue weighted by molar-refractivity contribution is -0.140. The molecule has 0 aliphatic rings. The van der Waals surface area contributed by atoms with Gasteiger partial charge in [0.25, 0.3) is 17.5 Å². The lowest BCUT2D eigenvalue weighted by Crippen LogP contribution is -2.29. The minimum Gasteiger partial charge on any atom is -0.488 e. The highest BCUT2D eigenvalue weighted by Crippen LogP contribution is 2.33. The van der Waals surface area contributed by atoms with E-state index in [4.69, 9.17) is 4.74 Å². The molecule has 1 N–H and O–H groups in total. The molecule has 2 unspecified atom stereocenters. The van der Waals surface area contributed by atoms with Gasteiger partial charge in [0.05, 0.1) is 35.4 Å². The molecule has 0 aliphatic heterocycles. The molecule has 3 aromatic heterocycles. The number of alkyl halides is 6. The minimum absolute atomic E-state index is 0.108. The van der Waals surface area contributed by atoms with Crippen molar-refractivity contribution >= 4 is 10.8 Å². The van der Waals surface area contributed by atoms with Crippen molar-refractivity contribution in [1.82, 2.24) is 24.7 Å². The molecule has 39 heavy (non-hydrogen) atoms. The normalized spacial score (nSPS) is 13.6. The highest BCUT2D eigenvalue weighted by atomic mass is 19.4. The summed E-state index contributed by atoms with van der Waals surface area (Å²) in [7, 11) is 0. The molecule has 8 nitrogen and oxygen atoms in total. The molecule has 0 amide bonds. The molecule has 0 fully saturated rings. The monoisotopic (exact) mass is 557 g/mol. The Labute approximate surface area is 214 Å². The highest BCUT2D eigenvalue weighted by Gasteiger charge is 2.38. The highest BCUT2D eigenvalue weighted by molar-refractivity contribution is 5.85. The van der Waals surface area contributed by atoms with Crippen LogP contribution in [0.25, 0.3) is 22.2 Å². The fourth-order valence-corrected chi connectivity index (χ4v) is 3.86. The molecule has 4 rings (SSSR count). The van der Waals surface area contributed by atoms with E-state index in [1.807, 2.05) is 0 Å². The molecule has 4 aromatic rings. The average molecular weight is 557 g/mol. The molecule has 0 radical (unpaired) electrons. The van der Waals surface area contributed by atoms with E-state index in [1.165, 1.54) is 25.3 Å². The van der Waals surface area contributed by atoms with Gasteiger partial charge in [-0.1, -0.05) is 0 Å². The molecule has 3 heterocycles. The quantitative estimate of drug-likeness (QED) is 0.312. The molecule has 0 spiro atoms. The van der Waals surface area contributed by atoms with Crippen LogP contribution in [0.5, 0.6) is 5.75 Å². The summed E-state index contributed by atoms with van der Waals surface area (Å²) in [5.74, 6) is -1.95. The molecule has 1 aromatic carbocycles. The number of ether oxygens (including phenoxy) is 1. The second kappa shape index (κ2) is 10.8. The standard InChI is InChI=1S/C24H18F7N5O3/c1-11(39-18-9-34-35-22(37)19(18)24(29,30)31)4-14(25)10-36-3-2-12-5-16(17(26)6-15(12)23(36)38)21-32-7-13(8-33-21)20(27)28/h2-3,5-9,11,14,20H,4,10H2,1H3,(H,35,37). The fourth-order valence-electron chi connectivity index (χ4n) is 3.86. The number of pyridine rings is 1. The third-order valence-corrected chi connectivity index (χ3v) is 5.64. The Morgan fingerprint density at radius 2 is 1.77 bits per heavy atom. The van der Waals surface area contributed by atoms with Crippen molar-refractivity contribution in [2.75, 3.05) is 0 Å². The second-order valence-electron chi connectivity index (χ2n) is 8.53. The number of H-pyrrole nitrogens is 1. The van der Waals surface area contributed by atoms with Crippen LogP contribution in [0.3, 0.4) is 0 Å². The Bertz CT molecular complexity index is 1600. The van der Waals surface area contributed by atoms with Crippen LogP contribution in [0.1, 0.15) is 30.9 Å². The maximum absolute atomic E-state index is 14.8. The summed E-state index contributed by atoms with van der Waals surface area (Å²) in [6.07, 6.45) is -7.58. The third-order valence-electron chi connectivity index (χ3n) is 5.64. The first-order chi connectivity index (χ1) is 18.3. The smallest absolute Gasteiger partial charge is 0.425 e. The average Bonchev–Trinajstić information content (AvgIpc) is 2.85. The predicted molar refractivity (Wildman–Crippen MR) is 124 cm³/mol. The van der Waals surface area contributed by atoms with Crippen molar-refractivity contribution in [3.8, 4) is 17.1 Å². The van der Waals surface area contributed by atoms with Crippen LogP contribution in [0.15, 0.2) is 52.6 Å². The number of hydrogen-bond acceptors (Lipinski definition) is 6. The molecule has 0 aliphatic carbocycles. The summed E-state index contributed by atoms with van der Waals surface area (Å²) < 4.78 is 101. The summed E-state index contributed by atoms with van der Waals surface area (Å²) in [6, 6.07) is 3.55. The van der Waals surface area contributed by atoms with E-state index < -0.39 is 71.7 Å². The van der Waals surface area contributed by atoms with Gasteiger partial charge < -0.3 is 9.30 Å². The second-order valence-corrected chi connectivity index (χ2v) is 8.53. The Kier molecular flexibility index (Phi) is 7.70. The van der Waals surface area contributed by atoms with E-state index in [1.54, 1.807) is 5.10 Å². The number of benzene rings is 1. The number of halogens is 7. The van der Waals surface area contributed by atoms with Crippen LogP contribution >= 0.6 is 0 Å². The first kappa shape index (κ1) is 27.7. The van der Waals surface area contributed by atoms with Gasteiger partial charge in [-0.15, -0.1) is 0 Å². The number of rotatable bonds is 8. The van der Waals surface area contributed by atoms with Crippen LogP contribution in [0.4, 0.5) is 30.7 Å². The van der Waals surface area contributed by atoms with Gasteiger partial charge in [-0.05, 0) is 30.5 Å². The van der Waals surface area contributed by atoms with Crippen molar-refractivity contribution in [1.29, 1.82) is 0 Å². The van der Waals surface area contributed by atoms with E-state index >= 15 is 0 Å². The molecule has 206 valence electrons. The Morgan fingerprint density at radius 3 is 2.41 bits per heavy atom. The van der Waals surface area contributed by atoms with Gasteiger partial charge in [0.15, 0.2) is 17.1 Å². The van der Waals surface area contributed by atoms with E-state index in [2.05, 4.69) is 15.1 Å². The number of fused-ring (bicyclic) bond motifs is 1. The van der Waals surface area contributed by atoms with E-state index in [0.717, 1.165) is 23.0 Å². The molecule has 0 saturated heterocycles. The molecule has 2 atom stereocenters. The Hall–Kier alpha value is -4.30. The largest absolute Gasteiger partial charge is 0.488 e. The molecular formula is C24H18F7N5O3. The lowest BCUT2D eigenvalue weighted by atomic mass is 10.1. The number of aromatic amines is 1. The molecule has 15 heteroatoms. The summed E-state index contributed by atoms with van der Waals surface area (Å²) in [4.78, 5) is 31.9. The van der Waals surface area contributed by atoms with Gasteiger partial charge in [0, 0.05) is 25.0 Å². The minimum atomic E-state index is -5.03. The summed E-state index contributed by atoms with van der Waals surface area (Å²) in [5.41, 5.74) is -4.46. The predicted octanol–water partition coefficient (Wildman–Crippen LogP) is 4.83. The first-order valence-electron chi connectivity index (χ1n) is 11.2. The van der Waals surface area contributed by atoms with Crippen molar-refractivity contribution < 1.29 is 35.5 Å². The van der Waals surface area contributed by atoms with Crippen LogP contribution in [0, 0.1) is 5.82 Å². The van der Waals surface area contributed by atoms with E-state index in [-0.39, 0.29) is 22.2 Å². The van der Waals surface area contributed by atoms with Crippen LogP contribution in [0.2, 0.25) is 0 Å². The SMILES string of the molecule is CC(CC(F)Cn1ccc2cc(-c3ncc(C(F)F)cn3)c(F)cc2c1=O)Oc1cn[nH]c(=O)c1C(F)(F)F. The zero-order valence-electron chi connectivity index (χ0n) is 19.8. The first-order valence-corrected chi connectivity index (χ1v) is 11.2. The summed E-state index contributed by atoms with van der Waals surface area (Å²) in [6.45, 7) is 0.758. The van der Waals surface area contributed by atoms with Crippen molar-refractivity contribution in [2.24, 2.45) is 0 Å². The van der Waals surface area contributed by atoms with Crippen molar-refractivity contribution in [3.05, 3.63) is 80.6 Å². The van der Waals surface area contributed by atoms with Gasteiger partial charge in [0.1, 0.15) is 12.0 Å². The molecule has 0 bridgehead atoms. The summed E-state index contributed by atoms with van der Waals surface area (Å²) in [5, 5.41) is 5.08. The summed E-state index contributed by atoms with van der Waals surface area (Å²) >= 11 is 0. The lowest BCUT2D eigenvalue weighted by Gasteiger charge is -2.19. The number of hydrogen-bond donors (Lipinski definition) is 1. The number of aromatic nitrogens is 5. The third kappa shape index (κ3) is 6.07. The van der Waals surface area contributed by atoms with Crippen molar-refractivity contribution in [2.45, 2.75) is 44.8 Å². The number of nitrogens with one attached hydrogen (secondary N) is 1. The topological polar surface area (TPSA) is 103 Å². The van der Waals surface area contributed by atoms with E-state index in [0.29, 0.717) is 6.20 Å². The zero-order valence-corrected chi connectivity index (χ0v) is 19.8. The van der Waals surface area contributed by atoms with Crippen LogP contribution < -0.4 is 15.9 Å². The van der Waals surface area contributed by atoms with Crippen LogP contribution in [-0.2, 0) is 12.7 Å². The Balaban J connectivity index is 1.51. The number of nitrogens with zero attached hydrogens (tertiary/aromatic N) is 4. The maximum atomic E-state index is 14.8. The van der Waals surface area contributed by atoms with Gasteiger partial charge >= 0.3 is 6.18 Å². The van der Waals surface area contributed by atoms with Crippen LogP contribution in [-0.4, -0.2) is 37.0 Å². The van der Waals surface area contributed by atoms with Gasteiger partial charge in [-0.2, -0.15) is 18.3 Å². The van der Waals surface area contributed by atoms with E-state index in [9.17, 15) is 40.3 Å². The molecule has 0 saturated carbocycles. The van der Waals surface area contributed by atoms with Gasteiger partial charge in [-0.25, -0.2) is 32.6 Å². The van der Waals surface area contributed by atoms with Crippen molar-refractivity contribution in [3.63, 3.8) is 0 Å². The maximum Gasteiger partial charge on any atom is 0.425 e. The Morgan fingerprint density at radius 1 is 1.08 bits per heavy atom. The fraction of sp³-hybridized carbons (Fsp3) is 0.292. The van der Waals surface area contributed by atoms with Gasteiger partial charge in [0.2, 0.25) is 0 Å². The molecular weight excluding hydrogens is 539 g/mol. The zero-order chi connectivity index (χ0) is 28.5.